The van der Waals surface area contributed by atoms with Crippen molar-refractivity contribution in [1.29, 1.82) is 0 Å². The first-order chi connectivity index (χ1) is 7.18. The number of para-hydroxylation sites is 1. The third-order valence-electron chi connectivity index (χ3n) is 2.05. The summed E-state index contributed by atoms with van der Waals surface area (Å²) in [5.41, 5.74) is 11.7. The second-order valence-electron chi connectivity index (χ2n) is 3.14. The Morgan fingerprint density at radius 3 is 2.40 bits per heavy atom. The Labute approximate surface area is 87.3 Å². The Bertz CT molecular complexity index is 464. The molecule has 0 fully saturated rings. The van der Waals surface area contributed by atoms with Crippen molar-refractivity contribution in [2.24, 2.45) is 7.05 Å². The van der Waals surface area contributed by atoms with Gasteiger partial charge in [-0.2, -0.15) is 0 Å². The minimum Gasteiger partial charge on any atom is -0.436 e. The molecular weight excluding hydrogens is 192 g/mol. The molecule has 0 saturated heterocycles. The number of aromatic nitrogens is 2. The number of rotatable bonds is 2. The maximum atomic E-state index is 5.72. The summed E-state index contributed by atoms with van der Waals surface area (Å²) in [6.45, 7) is 0. The lowest BCUT2D eigenvalue weighted by molar-refractivity contribution is 0.456. The van der Waals surface area contributed by atoms with Gasteiger partial charge in [0, 0.05) is 7.05 Å². The van der Waals surface area contributed by atoms with Gasteiger partial charge in [-0.1, -0.05) is 18.2 Å². The van der Waals surface area contributed by atoms with Gasteiger partial charge in [-0.3, -0.25) is 0 Å². The van der Waals surface area contributed by atoms with Crippen LogP contribution in [0.3, 0.4) is 0 Å². The van der Waals surface area contributed by atoms with Crippen molar-refractivity contribution in [3.63, 3.8) is 0 Å². The first-order valence-electron chi connectivity index (χ1n) is 4.49. The zero-order chi connectivity index (χ0) is 10.8. The third kappa shape index (κ3) is 1.71. The van der Waals surface area contributed by atoms with E-state index in [0.29, 0.717) is 23.1 Å². The van der Waals surface area contributed by atoms with Crippen molar-refractivity contribution < 1.29 is 4.74 Å². The second kappa shape index (κ2) is 3.53. The minimum atomic E-state index is 0.334. The highest BCUT2D eigenvalue weighted by atomic mass is 16.5. The summed E-state index contributed by atoms with van der Waals surface area (Å²) < 4.78 is 6.95. The molecule has 1 heterocycles. The second-order valence-corrected chi connectivity index (χ2v) is 3.14. The number of ether oxygens (including phenoxy) is 1. The van der Waals surface area contributed by atoms with Crippen LogP contribution in [0.4, 0.5) is 11.5 Å². The number of anilines is 2. The van der Waals surface area contributed by atoms with E-state index in [2.05, 4.69) is 5.10 Å². The molecule has 0 atom stereocenters. The fraction of sp³-hybridized carbons (Fsp3) is 0.100. The molecule has 0 saturated carbocycles. The van der Waals surface area contributed by atoms with Crippen molar-refractivity contribution in [3.8, 4) is 11.6 Å². The van der Waals surface area contributed by atoms with Crippen LogP contribution in [0, 0.1) is 0 Å². The molecule has 0 aliphatic heterocycles. The van der Waals surface area contributed by atoms with Gasteiger partial charge in [0.2, 0.25) is 0 Å². The van der Waals surface area contributed by atoms with E-state index in [1.54, 1.807) is 7.05 Å². The first kappa shape index (κ1) is 9.39. The summed E-state index contributed by atoms with van der Waals surface area (Å²) in [6, 6.07) is 9.30. The highest BCUT2D eigenvalue weighted by Gasteiger charge is 2.11. The van der Waals surface area contributed by atoms with Crippen LogP contribution in [0.1, 0.15) is 0 Å². The van der Waals surface area contributed by atoms with Gasteiger partial charge in [-0.15, -0.1) is 5.10 Å². The van der Waals surface area contributed by atoms with Gasteiger partial charge < -0.3 is 16.2 Å². The van der Waals surface area contributed by atoms with E-state index in [-0.39, 0.29) is 0 Å². The van der Waals surface area contributed by atoms with Crippen LogP contribution in [-0.4, -0.2) is 9.78 Å². The molecule has 2 aromatic rings. The molecule has 1 aromatic heterocycles. The van der Waals surface area contributed by atoms with Crippen LogP contribution < -0.4 is 16.2 Å². The molecule has 78 valence electrons. The molecule has 0 aliphatic carbocycles. The van der Waals surface area contributed by atoms with E-state index in [1.807, 2.05) is 30.3 Å². The minimum absolute atomic E-state index is 0.334. The zero-order valence-electron chi connectivity index (χ0n) is 8.34. The Morgan fingerprint density at radius 2 is 1.87 bits per heavy atom. The van der Waals surface area contributed by atoms with Gasteiger partial charge in [-0.05, 0) is 12.1 Å². The van der Waals surface area contributed by atoms with Crippen LogP contribution in [0.5, 0.6) is 11.6 Å². The third-order valence-corrected chi connectivity index (χ3v) is 2.05. The SMILES string of the molecule is Cn1nc(Oc2ccccc2)c(N)c1N. The van der Waals surface area contributed by atoms with Crippen molar-refractivity contribution in [2.75, 3.05) is 11.5 Å². The maximum Gasteiger partial charge on any atom is 0.264 e. The van der Waals surface area contributed by atoms with Gasteiger partial charge in [0.25, 0.3) is 5.88 Å². The molecule has 1 aromatic carbocycles. The lowest BCUT2D eigenvalue weighted by Crippen LogP contribution is -1.98. The van der Waals surface area contributed by atoms with Gasteiger partial charge in [-0.25, -0.2) is 4.68 Å². The number of hydrogen-bond donors (Lipinski definition) is 2. The number of nitrogen functional groups attached to an aromatic ring is 2. The van der Waals surface area contributed by atoms with E-state index >= 15 is 0 Å². The van der Waals surface area contributed by atoms with E-state index < -0.39 is 0 Å². The lowest BCUT2D eigenvalue weighted by Gasteiger charge is -2.01. The molecule has 5 nitrogen and oxygen atoms in total. The molecule has 0 aliphatic rings. The fourth-order valence-electron chi connectivity index (χ4n) is 1.20. The van der Waals surface area contributed by atoms with Gasteiger partial charge >= 0.3 is 0 Å². The Kier molecular flexibility index (Phi) is 2.21. The van der Waals surface area contributed by atoms with E-state index in [4.69, 9.17) is 16.2 Å². The fourth-order valence-corrected chi connectivity index (χ4v) is 1.20. The summed E-state index contributed by atoms with van der Waals surface area (Å²) in [5, 5.41) is 4.05. The molecule has 0 unspecified atom stereocenters. The van der Waals surface area contributed by atoms with Crippen molar-refractivity contribution in [2.45, 2.75) is 0 Å². The summed E-state index contributed by atoms with van der Waals surface area (Å²) >= 11 is 0. The molecule has 0 amide bonds. The van der Waals surface area contributed by atoms with Crippen LogP contribution in [-0.2, 0) is 7.05 Å². The predicted octanol–water partition coefficient (Wildman–Crippen LogP) is 1.38. The smallest absolute Gasteiger partial charge is 0.264 e. The van der Waals surface area contributed by atoms with Gasteiger partial charge in [0.15, 0.2) is 0 Å². The monoisotopic (exact) mass is 204 g/mol. The number of aryl methyl sites for hydroxylation is 1. The molecule has 0 radical (unpaired) electrons. The molecule has 4 N–H and O–H groups in total. The molecular formula is C10H12N4O. The van der Waals surface area contributed by atoms with Crippen LogP contribution in [0.2, 0.25) is 0 Å². The standard InChI is InChI=1S/C10H12N4O/c1-14-9(12)8(11)10(13-14)15-7-5-3-2-4-6-7/h2-6H,11-12H2,1H3. The largest absolute Gasteiger partial charge is 0.436 e. The van der Waals surface area contributed by atoms with Crippen molar-refractivity contribution >= 4 is 11.5 Å². The maximum absolute atomic E-state index is 5.72. The molecule has 0 bridgehead atoms. The normalized spacial score (nSPS) is 10.2. The number of nitrogens with zero attached hydrogens (tertiary/aromatic N) is 2. The van der Waals surface area contributed by atoms with Crippen molar-refractivity contribution in [3.05, 3.63) is 30.3 Å². The number of nitrogens with two attached hydrogens (primary N) is 2. The lowest BCUT2D eigenvalue weighted by atomic mass is 10.3. The average Bonchev–Trinajstić information content (AvgIpc) is 2.48. The highest BCUT2D eigenvalue weighted by molar-refractivity contribution is 5.66. The Hall–Kier alpha value is -2.17. The van der Waals surface area contributed by atoms with Crippen molar-refractivity contribution in [1.82, 2.24) is 9.78 Å². The highest BCUT2D eigenvalue weighted by Crippen LogP contribution is 2.29. The van der Waals surface area contributed by atoms with Crippen LogP contribution in [0.15, 0.2) is 30.3 Å². The number of hydrogen-bond acceptors (Lipinski definition) is 4. The summed E-state index contributed by atoms with van der Waals surface area (Å²) in [7, 11) is 1.71. The van der Waals surface area contributed by atoms with E-state index in [0.717, 1.165) is 0 Å². The zero-order valence-corrected chi connectivity index (χ0v) is 8.34. The van der Waals surface area contributed by atoms with E-state index in [1.165, 1.54) is 4.68 Å². The van der Waals surface area contributed by atoms with E-state index in [9.17, 15) is 0 Å². The topological polar surface area (TPSA) is 79.1 Å². The molecule has 2 rings (SSSR count). The molecule has 5 heteroatoms. The van der Waals surface area contributed by atoms with Gasteiger partial charge in [0.05, 0.1) is 0 Å². The average molecular weight is 204 g/mol. The summed E-state index contributed by atoms with van der Waals surface area (Å²) in [6.07, 6.45) is 0. The molecule has 0 spiro atoms. The van der Waals surface area contributed by atoms with Crippen LogP contribution >= 0.6 is 0 Å². The van der Waals surface area contributed by atoms with Crippen LogP contribution in [0.25, 0.3) is 0 Å². The van der Waals surface area contributed by atoms with Gasteiger partial charge in [0.1, 0.15) is 17.3 Å². The summed E-state index contributed by atoms with van der Waals surface area (Å²) in [4.78, 5) is 0. The Balaban J connectivity index is 2.29. The molecule has 15 heavy (non-hydrogen) atoms. The quantitative estimate of drug-likeness (QED) is 0.774. The first-order valence-corrected chi connectivity index (χ1v) is 4.49. The number of benzene rings is 1. The Morgan fingerprint density at radius 1 is 1.20 bits per heavy atom. The summed E-state index contributed by atoms with van der Waals surface area (Å²) in [5.74, 6) is 1.42. The predicted molar refractivity (Wildman–Crippen MR) is 58.5 cm³/mol.